The van der Waals surface area contributed by atoms with Gasteiger partial charge in [-0.3, -0.25) is 4.90 Å². The highest BCUT2D eigenvalue weighted by molar-refractivity contribution is 4.64. The molecule has 3 heteroatoms. The van der Waals surface area contributed by atoms with Crippen LogP contribution in [0.25, 0.3) is 0 Å². The molecular weight excluding hydrogens is 167 g/mol. The van der Waals surface area contributed by atoms with E-state index in [1.165, 1.54) is 0 Å². The lowest BCUT2D eigenvalue weighted by molar-refractivity contribution is 0.202. The lowest BCUT2D eigenvalue weighted by atomic mass is 10.3. The van der Waals surface area contributed by atoms with Crippen LogP contribution in [0.2, 0.25) is 0 Å². The molecule has 80 valence electrons. The van der Waals surface area contributed by atoms with Gasteiger partial charge in [0.1, 0.15) is 6.67 Å². The van der Waals surface area contributed by atoms with E-state index in [9.17, 15) is 4.39 Å². The minimum atomic E-state index is -0.250. The molecule has 0 aromatic rings. The zero-order valence-electron chi connectivity index (χ0n) is 9.31. The predicted octanol–water partition coefficient (Wildman–Crippen LogP) is 1.66. The average molecular weight is 190 g/mol. The summed E-state index contributed by atoms with van der Waals surface area (Å²) in [4.78, 5) is 2.15. The fourth-order valence-corrected chi connectivity index (χ4v) is 1.23. The van der Waals surface area contributed by atoms with Crippen molar-refractivity contribution in [1.82, 2.24) is 10.2 Å². The maximum atomic E-state index is 12.1. The third kappa shape index (κ3) is 6.96. The van der Waals surface area contributed by atoms with E-state index < -0.39 is 0 Å². The quantitative estimate of drug-likeness (QED) is 0.657. The summed E-state index contributed by atoms with van der Waals surface area (Å²) in [5.74, 6) is 0. The van der Waals surface area contributed by atoms with E-state index in [4.69, 9.17) is 0 Å². The Balaban J connectivity index is 3.57. The summed E-state index contributed by atoms with van der Waals surface area (Å²) in [6, 6.07) is 0.948. The number of halogens is 1. The van der Waals surface area contributed by atoms with Crippen molar-refractivity contribution in [3.05, 3.63) is 0 Å². The van der Waals surface area contributed by atoms with Crippen LogP contribution in [0.1, 0.15) is 27.7 Å². The Bertz CT molecular complexity index is 115. The van der Waals surface area contributed by atoms with Crippen molar-refractivity contribution in [1.29, 1.82) is 0 Å². The van der Waals surface area contributed by atoms with Gasteiger partial charge >= 0.3 is 0 Å². The predicted molar refractivity (Wildman–Crippen MR) is 55.8 cm³/mol. The zero-order valence-corrected chi connectivity index (χ0v) is 9.31. The summed E-state index contributed by atoms with van der Waals surface area (Å²) in [5.41, 5.74) is 0. The van der Waals surface area contributed by atoms with Crippen LogP contribution in [0.4, 0.5) is 4.39 Å². The molecule has 13 heavy (non-hydrogen) atoms. The van der Waals surface area contributed by atoms with Crippen LogP contribution in [0, 0.1) is 0 Å². The van der Waals surface area contributed by atoms with Crippen LogP contribution in [0.5, 0.6) is 0 Å². The van der Waals surface area contributed by atoms with Crippen molar-refractivity contribution in [2.45, 2.75) is 39.8 Å². The first-order valence-corrected chi connectivity index (χ1v) is 5.11. The third-order valence-electron chi connectivity index (χ3n) is 2.05. The summed E-state index contributed by atoms with van der Waals surface area (Å²) in [5, 5.41) is 3.33. The Hall–Kier alpha value is -0.150. The molecule has 0 atom stereocenters. The van der Waals surface area contributed by atoms with Gasteiger partial charge in [-0.2, -0.15) is 0 Å². The standard InChI is InChI=1S/C10H23FN2/c1-9(2)12-6-8-13(7-5-11)10(3)4/h9-10,12H,5-8H2,1-4H3. The Morgan fingerprint density at radius 2 is 1.77 bits per heavy atom. The van der Waals surface area contributed by atoms with E-state index in [0.29, 0.717) is 18.6 Å². The van der Waals surface area contributed by atoms with Crippen molar-refractivity contribution in [3.8, 4) is 0 Å². The fraction of sp³-hybridized carbons (Fsp3) is 1.00. The van der Waals surface area contributed by atoms with Crippen LogP contribution in [-0.2, 0) is 0 Å². The SMILES string of the molecule is CC(C)NCCN(CCF)C(C)C. The number of nitrogens with one attached hydrogen (secondary N) is 1. The molecule has 0 spiro atoms. The first kappa shape index (κ1) is 12.8. The van der Waals surface area contributed by atoms with E-state index in [2.05, 4.69) is 37.9 Å². The number of hydrogen-bond donors (Lipinski definition) is 1. The van der Waals surface area contributed by atoms with E-state index in [-0.39, 0.29) is 6.67 Å². The van der Waals surface area contributed by atoms with Gasteiger partial charge in [0.25, 0.3) is 0 Å². The molecule has 0 saturated heterocycles. The molecule has 2 nitrogen and oxygen atoms in total. The number of nitrogens with zero attached hydrogens (tertiary/aromatic N) is 1. The highest BCUT2D eigenvalue weighted by atomic mass is 19.1. The Labute approximate surface area is 81.5 Å². The van der Waals surface area contributed by atoms with Crippen molar-refractivity contribution >= 4 is 0 Å². The molecule has 0 aliphatic rings. The Kier molecular flexibility index (Phi) is 7.19. The first-order chi connectivity index (χ1) is 6.07. The number of hydrogen-bond acceptors (Lipinski definition) is 2. The van der Waals surface area contributed by atoms with Crippen LogP contribution in [-0.4, -0.2) is 43.3 Å². The summed E-state index contributed by atoms with van der Waals surface area (Å²) in [6.07, 6.45) is 0. The van der Waals surface area contributed by atoms with Gasteiger partial charge in [0.05, 0.1) is 0 Å². The molecule has 0 unspecified atom stereocenters. The average Bonchev–Trinajstić information content (AvgIpc) is 2.02. The molecule has 0 rings (SSSR count). The second-order valence-corrected chi connectivity index (χ2v) is 3.93. The van der Waals surface area contributed by atoms with Crippen LogP contribution >= 0.6 is 0 Å². The summed E-state index contributed by atoms with van der Waals surface area (Å²) >= 11 is 0. The minimum absolute atomic E-state index is 0.250. The largest absolute Gasteiger partial charge is 0.313 e. The van der Waals surface area contributed by atoms with Gasteiger partial charge in [-0.25, -0.2) is 4.39 Å². The van der Waals surface area contributed by atoms with Gasteiger partial charge in [-0.1, -0.05) is 13.8 Å². The maximum Gasteiger partial charge on any atom is 0.102 e. The highest BCUT2D eigenvalue weighted by Gasteiger charge is 2.07. The molecule has 0 saturated carbocycles. The molecule has 0 radical (unpaired) electrons. The summed E-state index contributed by atoms with van der Waals surface area (Å²) in [6.45, 7) is 10.6. The minimum Gasteiger partial charge on any atom is -0.313 e. The van der Waals surface area contributed by atoms with Crippen molar-refractivity contribution in [2.75, 3.05) is 26.3 Å². The third-order valence-corrected chi connectivity index (χ3v) is 2.05. The molecule has 0 heterocycles. The highest BCUT2D eigenvalue weighted by Crippen LogP contribution is 1.96. The Morgan fingerprint density at radius 3 is 2.15 bits per heavy atom. The first-order valence-electron chi connectivity index (χ1n) is 5.11. The number of alkyl halides is 1. The summed E-state index contributed by atoms with van der Waals surface area (Å²) in [7, 11) is 0. The van der Waals surface area contributed by atoms with Crippen molar-refractivity contribution in [2.24, 2.45) is 0 Å². The molecule has 0 fully saturated rings. The van der Waals surface area contributed by atoms with Gasteiger partial charge in [-0.05, 0) is 13.8 Å². The monoisotopic (exact) mass is 190 g/mol. The van der Waals surface area contributed by atoms with Crippen LogP contribution in [0.3, 0.4) is 0 Å². The second-order valence-electron chi connectivity index (χ2n) is 3.93. The molecular formula is C10H23FN2. The van der Waals surface area contributed by atoms with Gasteiger partial charge in [0.15, 0.2) is 0 Å². The topological polar surface area (TPSA) is 15.3 Å². The Morgan fingerprint density at radius 1 is 1.15 bits per heavy atom. The van der Waals surface area contributed by atoms with Crippen molar-refractivity contribution in [3.63, 3.8) is 0 Å². The number of rotatable bonds is 7. The fourth-order valence-electron chi connectivity index (χ4n) is 1.23. The van der Waals surface area contributed by atoms with Crippen molar-refractivity contribution < 1.29 is 4.39 Å². The molecule has 0 amide bonds. The molecule has 1 N–H and O–H groups in total. The van der Waals surface area contributed by atoms with Gasteiger partial charge < -0.3 is 5.32 Å². The van der Waals surface area contributed by atoms with Crippen LogP contribution < -0.4 is 5.32 Å². The molecule has 0 aliphatic carbocycles. The molecule has 0 aromatic carbocycles. The van der Waals surface area contributed by atoms with Gasteiger partial charge in [0.2, 0.25) is 0 Å². The second kappa shape index (κ2) is 7.27. The lowest BCUT2D eigenvalue weighted by Crippen LogP contribution is -2.39. The molecule has 0 bridgehead atoms. The molecule has 0 aliphatic heterocycles. The lowest BCUT2D eigenvalue weighted by Gasteiger charge is -2.25. The van der Waals surface area contributed by atoms with E-state index in [1.54, 1.807) is 0 Å². The van der Waals surface area contributed by atoms with E-state index >= 15 is 0 Å². The summed E-state index contributed by atoms with van der Waals surface area (Å²) < 4.78 is 12.1. The normalized spacial score (nSPS) is 12.0. The van der Waals surface area contributed by atoms with E-state index in [1.807, 2.05) is 0 Å². The smallest absolute Gasteiger partial charge is 0.102 e. The van der Waals surface area contributed by atoms with E-state index in [0.717, 1.165) is 13.1 Å². The van der Waals surface area contributed by atoms with Gasteiger partial charge in [-0.15, -0.1) is 0 Å². The zero-order chi connectivity index (χ0) is 10.3. The molecule has 0 aromatic heterocycles. The van der Waals surface area contributed by atoms with Crippen LogP contribution in [0.15, 0.2) is 0 Å². The van der Waals surface area contributed by atoms with Gasteiger partial charge in [0, 0.05) is 31.7 Å². The maximum absolute atomic E-state index is 12.1.